The Morgan fingerprint density at radius 2 is 2.12 bits per heavy atom. The molecule has 0 aromatic heterocycles. The van der Waals surface area contributed by atoms with Gasteiger partial charge in [0.2, 0.25) is 0 Å². The molecule has 0 atom stereocenters. The predicted octanol–water partition coefficient (Wildman–Crippen LogP) is 0.688. The van der Waals surface area contributed by atoms with Crippen LogP contribution in [0.25, 0.3) is 0 Å². The van der Waals surface area contributed by atoms with Crippen molar-refractivity contribution in [3.05, 3.63) is 0 Å². The molecule has 0 aromatic carbocycles. The second-order valence-electron chi connectivity index (χ2n) is 5.22. The highest BCUT2D eigenvalue weighted by Gasteiger charge is 2.37. The number of amides is 2. The zero-order chi connectivity index (χ0) is 12.3. The number of piperidine rings is 1. The second kappa shape index (κ2) is 5.23. The van der Waals surface area contributed by atoms with Crippen LogP contribution in [0.5, 0.6) is 0 Å². The van der Waals surface area contributed by atoms with Gasteiger partial charge in [0.05, 0.1) is 5.60 Å². The van der Waals surface area contributed by atoms with E-state index in [1.807, 2.05) is 0 Å². The van der Waals surface area contributed by atoms with Gasteiger partial charge in [-0.2, -0.15) is 0 Å². The number of likely N-dealkylation sites (tertiary alicyclic amines) is 1. The first-order valence-electron chi connectivity index (χ1n) is 6.48. The number of rotatable bonds is 4. The van der Waals surface area contributed by atoms with Crippen LogP contribution in [-0.4, -0.2) is 49.3 Å². The Morgan fingerprint density at radius 1 is 1.47 bits per heavy atom. The fourth-order valence-corrected chi connectivity index (χ4v) is 2.66. The summed E-state index contributed by atoms with van der Waals surface area (Å²) >= 11 is 0. The molecule has 3 N–H and O–H groups in total. The first kappa shape index (κ1) is 12.6. The lowest BCUT2D eigenvalue weighted by Gasteiger charge is -2.42. The van der Waals surface area contributed by atoms with Crippen molar-refractivity contribution >= 4 is 6.03 Å². The maximum Gasteiger partial charge on any atom is 0.314 e. The lowest BCUT2D eigenvalue weighted by molar-refractivity contribution is -0.0715. The fraction of sp³-hybridized carbons (Fsp3) is 0.917. The standard InChI is InChI=1S/C12H23N3O2/c1-17-12(5-2-6-12)9-14-10-3-7-15(8-4-10)11(13)16/h10,14H,2-9H2,1H3,(H2,13,16). The van der Waals surface area contributed by atoms with Crippen LogP contribution in [0.1, 0.15) is 32.1 Å². The Hall–Kier alpha value is -0.810. The van der Waals surface area contributed by atoms with Gasteiger partial charge >= 0.3 is 6.03 Å². The highest BCUT2D eigenvalue weighted by Crippen LogP contribution is 2.34. The Bertz CT molecular complexity index is 265. The van der Waals surface area contributed by atoms with E-state index in [-0.39, 0.29) is 11.6 Å². The number of hydrogen-bond donors (Lipinski definition) is 2. The van der Waals surface area contributed by atoms with E-state index in [1.54, 1.807) is 12.0 Å². The molecule has 98 valence electrons. The van der Waals surface area contributed by atoms with E-state index in [0.717, 1.165) is 45.3 Å². The molecule has 0 spiro atoms. The van der Waals surface area contributed by atoms with Crippen molar-refractivity contribution in [2.45, 2.75) is 43.7 Å². The summed E-state index contributed by atoms with van der Waals surface area (Å²) in [7, 11) is 1.80. The van der Waals surface area contributed by atoms with Crippen molar-refractivity contribution in [3.8, 4) is 0 Å². The molecule has 5 nitrogen and oxygen atoms in total. The monoisotopic (exact) mass is 241 g/mol. The number of nitrogens with two attached hydrogens (primary N) is 1. The van der Waals surface area contributed by atoms with E-state index in [9.17, 15) is 4.79 Å². The zero-order valence-corrected chi connectivity index (χ0v) is 10.6. The molecule has 2 amide bonds. The Balaban J connectivity index is 1.69. The smallest absolute Gasteiger partial charge is 0.314 e. The number of nitrogens with zero attached hydrogens (tertiary/aromatic N) is 1. The summed E-state index contributed by atoms with van der Waals surface area (Å²) in [4.78, 5) is 12.7. The lowest BCUT2D eigenvalue weighted by atomic mass is 9.79. The molecule has 1 saturated carbocycles. The molecule has 0 radical (unpaired) electrons. The summed E-state index contributed by atoms with van der Waals surface area (Å²) in [6, 6.07) is 0.203. The van der Waals surface area contributed by atoms with Crippen LogP contribution in [0.4, 0.5) is 4.79 Å². The van der Waals surface area contributed by atoms with Crippen LogP contribution in [0, 0.1) is 0 Å². The summed E-state index contributed by atoms with van der Waals surface area (Å²) in [6.07, 6.45) is 5.58. The van der Waals surface area contributed by atoms with Gasteiger partial charge in [-0.05, 0) is 32.1 Å². The van der Waals surface area contributed by atoms with Crippen LogP contribution < -0.4 is 11.1 Å². The summed E-state index contributed by atoms with van der Waals surface area (Å²) in [5.74, 6) is 0. The van der Waals surface area contributed by atoms with Gasteiger partial charge < -0.3 is 20.7 Å². The lowest BCUT2D eigenvalue weighted by Crippen LogP contribution is -2.53. The number of ether oxygens (including phenoxy) is 1. The largest absolute Gasteiger partial charge is 0.377 e. The van der Waals surface area contributed by atoms with Crippen molar-refractivity contribution in [2.24, 2.45) is 5.73 Å². The summed E-state index contributed by atoms with van der Waals surface area (Å²) in [6.45, 7) is 2.48. The van der Waals surface area contributed by atoms with Crippen LogP contribution in [-0.2, 0) is 4.74 Å². The molecule has 1 aliphatic carbocycles. The predicted molar refractivity (Wildman–Crippen MR) is 65.8 cm³/mol. The average Bonchev–Trinajstić information content (AvgIpc) is 2.29. The summed E-state index contributed by atoms with van der Waals surface area (Å²) < 4.78 is 5.58. The molecular weight excluding hydrogens is 218 g/mol. The van der Waals surface area contributed by atoms with Gasteiger partial charge in [-0.25, -0.2) is 4.79 Å². The molecule has 2 fully saturated rings. The molecule has 2 aliphatic rings. The van der Waals surface area contributed by atoms with E-state index >= 15 is 0 Å². The Kier molecular flexibility index (Phi) is 3.89. The zero-order valence-electron chi connectivity index (χ0n) is 10.6. The molecule has 0 unspecified atom stereocenters. The molecule has 1 saturated heterocycles. The Labute approximate surface area is 103 Å². The van der Waals surface area contributed by atoms with Gasteiger partial charge in [-0.15, -0.1) is 0 Å². The number of nitrogens with one attached hydrogen (secondary N) is 1. The highest BCUT2D eigenvalue weighted by atomic mass is 16.5. The third kappa shape index (κ3) is 2.90. The van der Waals surface area contributed by atoms with Crippen LogP contribution in [0.2, 0.25) is 0 Å². The minimum absolute atomic E-state index is 0.0841. The fourth-order valence-electron chi connectivity index (χ4n) is 2.66. The van der Waals surface area contributed by atoms with Crippen LogP contribution in [0.3, 0.4) is 0 Å². The van der Waals surface area contributed by atoms with Crippen LogP contribution in [0.15, 0.2) is 0 Å². The molecule has 5 heteroatoms. The second-order valence-corrected chi connectivity index (χ2v) is 5.22. The summed E-state index contributed by atoms with van der Waals surface area (Å²) in [5, 5.41) is 3.57. The van der Waals surface area contributed by atoms with Gasteiger partial charge in [-0.1, -0.05) is 0 Å². The minimum atomic E-state index is -0.296. The quantitative estimate of drug-likeness (QED) is 0.761. The molecule has 2 rings (SSSR count). The van der Waals surface area contributed by atoms with E-state index < -0.39 is 0 Å². The van der Waals surface area contributed by atoms with Gasteiger partial charge in [0.15, 0.2) is 0 Å². The third-order valence-electron chi connectivity index (χ3n) is 4.22. The van der Waals surface area contributed by atoms with Crippen molar-refractivity contribution < 1.29 is 9.53 Å². The first-order chi connectivity index (χ1) is 8.15. The third-order valence-corrected chi connectivity index (χ3v) is 4.22. The van der Waals surface area contributed by atoms with Gasteiger partial charge in [0.25, 0.3) is 0 Å². The molecule has 0 bridgehead atoms. The first-order valence-corrected chi connectivity index (χ1v) is 6.48. The molecule has 17 heavy (non-hydrogen) atoms. The van der Waals surface area contributed by atoms with Gasteiger partial charge in [-0.3, -0.25) is 0 Å². The number of hydrogen-bond acceptors (Lipinski definition) is 3. The normalized spacial score (nSPS) is 24.4. The Morgan fingerprint density at radius 3 is 2.53 bits per heavy atom. The van der Waals surface area contributed by atoms with Gasteiger partial charge in [0.1, 0.15) is 0 Å². The summed E-state index contributed by atoms with van der Waals surface area (Å²) in [5.41, 5.74) is 5.34. The number of primary amides is 1. The van der Waals surface area contributed by atoms with Crippen molar-refractivity contribution in [1.29, 1.82) is 0 Å². The van der Waals surface area contributed by atoms with Crippen LogP contribution >= 0.6 is 0 Å². The molecular formula is C12H23N3O2. The molecule has 1 heterocycles. The number of carbonyl (C=O) groups excluding carboxylic acids is 1. The molecule has 1 aliphatic heterocycles. The van der Waals surface area contributed by atoms with E-state index in [2.05, 4.69) is 5.32 Å². The average molecular weight is 241 g/mol. The van der Waals surface area contributed by atoms with E-state index in [0.29, 0.717) is 6.04 Å². The van der Waals surface area contributed by atoms with E-state index in [1.165, 1.54) is 6.42 Å². The SMILES string of the molecule is COC1(CNC2CCN(C(N)=O)CC2)CCC1. The van der Waals surface area contributed by atoms with Gasteiger partial charge in [0, 0.05) is 32.8 Å². The topological polar surface area (TPSA) is 67.6 Å². The maximum atomic E-state index is 11.0. The highest BCUT2D eigenvalue weighted by molar-refractivity contribution is 5.72. The number of urea groups is 1. The van der Waals surface area contributed by atoms with Crippen molar-refractivity contribution in [3.63, 3.8) is 0 Å². The van der Waals surface area contributed by atoms with E-state index in [4.69, 9.17) is 10.5 Å². The number of carbonyl (C=O) groups is 1. The molecule has 0 aromatic rings. The van der Waals surface area contributed by atoms with Crippen molar-refractivity contribution in [1.82, 2.24) is 10.2 Å². The minimum Gasteiger partial charge on any atom is -0.377 e. The maximum absolute atomic E-state index is 11.0. The van der Waals surface area contributed by atoms with Crippen molar-refractivity contribution in [2.75, 3.05) is 26.7 Å². The number of methoxy groups -OCH3 is 1.